The fourth-order valence-electron chi connectivity index (χ4n) is 2.64. The van der Waals surface area contributed by atoms with Crippen LogP contribution in [-0.2, 0) is 4.79 Å². The van der Waals surface area contributed by atoms with Crippen molar-refractivity contribution in [3.05, 3.63) is 39.9 Å². The molecular formula is C14H18N2O4. The molecule has 1 aromatic carbocycles. The summed E-state index contributed by atoms with van der Waals surface area (Å²) in [6.45, 7) is 3.42. The lowest BCUT2D eigenvalue weighted by molar-refractivity contribution is -0.385. The van der Waals surface area contributed by atoms with Gasteiger partial charge in [-0.15, -0.1) is 0 Å². The average molecular weight is 278 g/mol. The molecule has 1 saturated heterocycles. The zero-order valence-corrected chi connectivity index (χ0v) is 11.4. The van der Waals surface area contributed by atoms with Gasteiger partial charge in [0, 0.05) is 18.2 Å². The van der Waals surface area contributed by atoms with Gasteiger partial charge in [0.15, 0.2) is 0 Å². The SMILES string of the molecule is CC(c1cccc([N+](=O)[O-])c1)N1CCC(C(=O)O)CC1. The summed E-state index contributed by atoms with van der Waals surface area (Å²) >= 11 is 0. The highest BCUT2D eigenvalue weighted by Crippen LogP contribution is 2.28. The lowest BCUT2D eigenvalue weighted by Gasteiger charge is -2.34. The highest BCUT2D eigenvalue weighted by atomic mass is 16.6. The predicted molar refractivity (Wildman–Crippen MR) is 73.4 cm³/mol. The van der Waals surface area contributed by atoms with Crippen LogP contribution in [-0.4, -0.2) is 34.0 Å². The highest BCUT2D eigenvalue weighted by Gasteiger charge is 2.27. The summed E-state index contributed by atoms with van der Waals surface area (Å²) < 4.78 is 0. The molecule has 0 amide bonds. The van der Waals surface area contributed by atoms with Gasteiger partial charge < -0.3 is 5.11 Å². The number of carboxylic acid groups (broad SMARTS) is 1. The van der Waals surface area contributed by atoms with Gasteiger partial charge in [-0.1, -0.05) is 12.1 Å². The molecule has 1 unspecified atom stereocenters. The first-order chi connectivity index (χ1) is 9.49. The largest absolute Gasteiger partial charge is 0.481 e. The Labute approximate surface area is 117 Å². The summed E-state index contributed by atoms with van der Waals surface area (Å²) in [5.74, 6) is -0.990. The quantitative estimate of drug-likeness (QED) is 0.675. The number of nitrogens with zero attached hydrogens (tertiary/aromatic N) is 2. The Morgan fingerprint density at radius 2 is 2.10 bits per heavy atom. The van der Waals surface area contributed by atoms with Gasteiger partial charge in [0.05, 0.1) is 10.8 Å². The molecule has 2 rings (SSSR count). The Hall–Kier alpha value is -1.95. The zero-order chi connectivity index (χ0) is 14.7. The fraction of sp³-hybridized carbons (Fsp3) is 0.500. The average Bonchev–Trinajstić information content (AvgIpc) is 2.46. The molecule has 1 aliphatic heterocycles. The van der Waals surface area contributed by atoms with Crippen molar-refractivity contribution < 1.29 is 14.8 Å². The van der Waals surface area contributed by atoms with Gasteiger partial charge in [-0.25, -0.2) is 0 Å². The molecule has 1 aliphatic rings. The predicted octanol–water partition coefficient (Wildman–Crippen LogP) is 2.45. The number of nitro benzene ring substituents is 1. The Morgan fingerprint density at radius 1 is 1.45 bits per heavy atom. The first-order valence-electron chi connectivity index (χ1n) is 6.70. The molecule has 1 atom stereocenters. The normalized spacial score (nSPS) is 18.6. The number of non-ortho nitro benzene ring substituents is 1. The van der Waals surface area contributed by atoms with E-state index in [0.29, 0.717) is 25.9 Å². The zero-order valence-electron chi connectivity index (χ0n) is 11.4. The van der Waals surface area contributed by atoms with E-state index in [4.69, 9.17) is 5.11 Å². The van der Waals surface area contributed by atoms with Crippen LogP contribution in [0.1, 0.15) is 31.4 Å². The van der Waals surface area contributed by atoms with Gasteiger partial charge >= 0.3 is 5.97 Å². The molecule has 1 heterocycles. The minimum Gasteiger partial charge on any atom is -0.481 e. The van der Waals surface area contributed by atoms with Crippen LogP contribution in [0.4, 0.5) is 5.69 Å². The van der Waals surface area contributed by atoms with E-state index in [-0.39, 0.29) is 17.6 Å². The van der Waals surface area contributed by atoms with Gasteiger partial charge in [0.25, 0.3) is 5.69 Å². The molecule has 0 aromatic heterocycles. The molecule has 6 nitrogen and oxygen atoms in total. The minimum absolute atomic E-state index is 0.0599. The molecule has 20 heavy (non-hydrogen) atoms. The third kappa shape index (κ3) is 3.14. The van der Waals surface area contributed by atoms with E-state index in [1.807, 2.05) is 13.0 Å². The molecule has 0 radical (unpaired) electrons. The second kappa shape index (κ2) is 6.00. The van der Waals surface area contributed by atoms with Gasteiger partial charge in [-0.05, 0) is 38.4 Å². The molecular weight excluding hydrogens is 260 g/mol. The van der Waals surface area contributed by atoms with E-state index < -0.39 is 10.9 Å². The number of rotatable bonds is 4. The van der Waals surface area contributed by atoms with Crippen molar-refractivity contribution in [2.75, 3.05) is 13.1 Å². The third-order valence-electron chi connectivity index (χ3n) is 3.99. The molecule has 1 N–H and O–H groups in total. The van der Waals surface area contributed by atoms with Gasteiger partial charge in [0.2, 0.25) is 0 Å². The smallest absolute Gasteiger partial charge is 0.306 e. The van der Waals surface area contributed by atoms with Crippen LogP contribution >= 0.6 is 0 Å². The van der Waals surface area contributed by atoms with Gasteiger partial charge in [0.1, 0.15) is 0 Å². The van der Waals surface area contributed by atoms with Gasteiger partial charge in [-0.2, -0.15) is 0 Å². The van der Waals surface area contributed by atoms with Crippen LogP contribution in [0.15, 0.2) is 24.3 Å². The summed E-state index contributed by atoms with van der Waals surface area (Å²) in [6, 6.07) is 6.69. The van der Waals surface area contributed by atoms with Crippen molar-refractivity contribution in [3.63, 3.8) is 0 Å². The van der Waals surface area contributed by atoms with Crippen LogP contribution in [0.2, 0.25) is 0 Å². The van der Waals surface area contributed by atoms with Crippen LogP contribution in [0, 0.1) is 16.0 Å². The molecule has 1 fully saturated rings. The van der Waals surface area contributed by atoms with Crippen LogP contribution < -0.4 is 0 Å². The number of hydrogen-bond acceptors (Lipinski definition) is 4. The molecule has 6 heteroatoms. The topological polar surface area (TPSA) is 83.7 Å². The Balaban J connectivity index is 2.05. The number of piperidine rings is 1. The van der Waals surface area contributed by atoms with E-state index in [2.05, 4.69) is 4.90 Å². The molecule has 0 aliphatic carbocycles. The van der Waals surface area contributed by atoms with Crippen molar-refractivity contribution in [1.29, 1.82) is 0 Å². The highest BCUT2D eigenvalue weighted by molar-refractivity contribution is 5.70. The van der Waals surface area contributed by atoms with Crippen molar-refractivity contribution in [1.82, 2.24) is 4.90 Å². The lowest BCUT2D eigenvalue weighted by atomic mass is 9.95. The minimum atomic E-state index is -0.729. The van der Waals surface area contributed by atoms with Crippen LogP contribution in [0.5, 0.6) is 0 Å². The van der Waals surface area contributed by atoms with E-state index >= 15 is 0 Å². The fourth-order valence-corrected chi connectivity index (χ4v) is 2.64. The summed E-state index contributed by atoms with van der Waals surface area (Å²) in [5.41, 5.74) is 0.989. The second-order valence-electron chi connectivity index (χ2n) is 5.18. The van der Waals surface area contributed by atoms with Crippen LogP contribution in [0.3, 0.4) is 0 Å². The number of carboxylic acids is 1. The molecule has 108 valence electrons. The van der Waals surface area contributed by atoms with Gasteiger partial charge in [-0.3, -0.25) is 19.8 Å². The second-order valence-corrected chi connectivity index (χ2v) is 5.18. The lowest BCUT2D eigenvalue weighted by Crippen LogP contribution is -2.37. The maximum Gasteiger partial charge on any atom is 0.306 e. The molecule has 0 bridgehead atoms. The first kappa shape index (κ1) is 14.5. The summed E-state index contributed by atoms with van der Waals surface area (Å²) in [4.78, 5) is 23.5. The first-order valence-corrected chi connectivity index (χ1v) is 6.70. The summed E-state index contributed by atoms with van der Waals surface area (Å²) in [5, 5.41) is 19.8. The van der Waals surface area contributed by atoms with E-state index in [9.17, 15) is 14.9 Å². The van der Waals surface area contributed by atoms with Crippen molar-refractivity contribution in [2.45, 2.75) is 25.8 Å². The number of hydrogen-bond donors (Lipinski definition) is 1. The third-order valence-corrected chi connectivity index (χ3v) is 3.99. The number of carbonyl (C=O) groups is 1. The number of aliphatic carboxylic acids is 1. The molecule has 1 aromatic rings. The Kier molecular flexibility index (Phi) is 4.34. The van der Waals surface area contributed by atoms with Crippen LogP contribution in [0.25, 0.3) is 0 Å². The molecule has 0 saturated carbocycles. The maximum absolute atomic E-state index is 10.9. The van der Waals surface area contributed by atoms with Crippen molar-refractivity contribution >= 4 is 11.7 Å². The van der Waals surface area contributed by atoms with E-state index in [0.717, 1.165) is 5.56 Å². The number of nitro groups is 1. The Bertz CT molecular complexity index is 510. The summed E-state index contributed by atoms with van der Waals surface area (Å²) in [7, 11) is 0. The Morgan fingerprint density at radius 3 is 2.65 bits per heavy atom. The standard InChI is InChI=1S/C14H18N2O4/c1-10(12-3-2-4-13(9-12)16(19)20)15-7-5-11(6-8-15)14(17)18/h2-4,9-11H,5-8H2,1H3,(H,17,18). The summed E-state index contributed by atoms with van der Waals surface area (Å²) in [6.07, 6.45) is 1.27. The van der Waals surface area contributed by atoms with Crippen molar-refractivity contribution in [3.8, 4) is 0 Å². The monoisotopic (exact) mass is 278 g/mol. The van der Waals surface area contributed by atoms with Crippen molar-refractivity contribution in [2.24, 2.45) is 5.92 Å². The maximum atomic E-state index is 10.9. The van der Waals surface area contributed by atoms with E-state index in [1.54, 1.807) is 12.1 Å². The van der Waals surface area contributed by atoms with E-state index in [1.165, 1.54) is 6.07 Å². The number of likely N-dealkylation sites (tertiary alicyclic amines) is 1. The molecule has 0 spiro atoms. The number of benzene rings is 1.